The second-order valence-electron chi connectivity index (χ2n) is 6.99. The van der Waals surface area contributed by atoms with E-state index in [0.29, 0.717) is 18.1 Å². The van der Waals surface area contributed by atoms with E-state index in [1.165, 1.54) is 15.7 Å². The third-order valence-electron chi connectivity index (χ3n) is 4.85. The van der Waals surface area contributed by atoms with Crippen LogP contribution < -0.4 is 4.74 Å². The lowest BCUT2D eigenvalue weighted by atomic mass is 10.1. The van der Waals surface area contributed by atoms with Crippen LogP contribution in [-0.2, 0) is 16.1 Å². The summed E-state index contributed by atoms with van der Waals surface area (Å²) in [7, 11) is 1.54. The standard InChI is InChI=1S/C24H20INO4S/c1-29-11-10-26-23(27)22(31-24(26)28)14-16-7-9-21(20(25)13-16)30-15-17-6-8-18-4-2-3-5-19(18)12-17/h2-9,12-14H,10-11,15H2,1H3/b22-14+. The van der Waals surface area contributed by atoms with Gasteiger partial charge in [-0.25, -0.2) is 0 Å². The van der Waals surface area contributed by atoms with Gasteiger partial charge in [-0.2, -0.15) is 0 Å². The van der Waals surface area contributed by atoms with Crippen LogP contribution in [0, 0.1) is 3.57 Å². The van der Waals surface area contributed by atoms with Gasteiger partial charge in [-0.15, -0.1) is 0 Å². The fourth-order valence-corrected chi connectivity index (χ4v) is 4.80. The average Bonchev–Trinajstić information content (AvgIpc) is 3.03. The second-order valence-corrected chi connectivity index (χ2v) is 9.14. The summed E-state index contributed by atoms with van der Waals surface area (Å²) in [6.07, 6.45) is 1.74. The molecule has 3 aromatic carbocycles. The molecular weight excluding hydrogens is 525 g/mol. The van der Waals surface area contributed by atoms with E-state index in [4.69, 9.17) is 9.47 Å². The van der Waals surface area contributed by atoms with Crippen LogP contribution in [0.5, 0.6) is 5.75 Å². The zero-order valence-corrected chi connectivity index (χ0v) is 19.8. The number of benzene rings is 3. The third-order valence-corrected chi connectivity index (χ3v) is 6.60. The summed E-state index contributed by atoms with van der Waals surface area (Å²) >= 11 is 3.18. The second kappa shape index (κ2) is 9.84. The number of thioether (sulfide) groups is 1. The lowest BCUT2D eigenvalue weighted by molar-refractivity contribution is -0.123. The molecule has 1 fully saturated rings. The van der Waals surface area contributed by atoms with Crippen LogP contribution in [0.4, 0.5) is 4.79 Å². The average molecular weight is 545 g/mol. The normalized spacial score (nSPS) is 15.3. The maximum absolute atomic E-state index is 12.5. The van der Waals surface area contributed by atoms with Crippen molar-refractivity contribution in [3.05, 3.63) is 80.3 Å². The quantitative estimate of drug-likeness (QED) is 0.282. The molecule has 3 aromatic rings. The molecule has 0 spiro atoms. The number of amides is 2. The van der Waals surface area contributed by atoms with Gasteiger partial charge in [-0.3, -0.25) is 14.5 Å². The summed E-state index contributed by atoms with van der Waals surface area (Å²) in [5.41, 5.74) is 1.95. The highest BCUT2D eigenvalue weighted by atomic mass is 127. The highest BCUT2D eigenvalue weighted by Crippen LogP contribution is 2.33. The molecule has 0 bridgehead atoms. The summed E-state index contributed by atoms with van der Waals surface area (Å²) in [6.45, 7) is 1.06. The number of hydrogen-bond donors (Lipinski definition) is 0. The van der Waals surface area contributed by atoms with Crippen molar-refractivity contribution in [1.82, 2.24) is 4.90 Å². The lowest BCUT2D eigenvalue weighted by Crippen LogP contribution is -2.31. The smallest absolute Gasteiger partial charge is 0.293 e. The monoisotopic (exact) mass is 545 g/mol. The number of carbonyl (C=O) groups is 2. The maximum Gasteiger partial charge on any atom is 0.293 e. The molecule has 0 unspecified atom stereocenters. The van der Waals surface area contributed by atoms with Crippen LogP contribution in [-0.4, -0.2) is 36.3 Å². The number of halogens is 1. The summed E-state index contributed by atoms with van der Waals surface area (Å²) in [5, 5.41) is 2.13. The summed E-state index contributed by atoms with van der Waals surface area (Å²) < 4.78 is 11.9. The first-order valence-corrected chi connectivity index (χ1v) is 11.6. The van der Waals surface area contributed by atoms with Gasteiger partial charge in [0, 0.05) is 7.11 Å². The molecule has 1 saturated heterocycles. The number of rotatable bonds is 7. The molecule has 0 aromatic heterocycles. The van der Waals surface area contributed by atoms with Crippen molar-refractivity contribution < 1.29 is 19.1 Å². The zero-order chi connectivity index (χ0) is 21.8. The first-order valence-electron chi connectivity index (χ1n) is 9.69. The van der Waals surface area contributed by atoms with E-state index in [9.17, 15) is 9.59 Å². The highest BCUT2D eigenvalue weighted by molar-refractivity contribution is 14.1. The topological polar surface area (TPSA) is 55.8 Å². The van der Waals surface area contributed by atoms with Crippen molar-refractivity contribution in [3.8, 4) is 5.75 Å². The van der Waals surface area contributed by atoms with E-state index in [-0.39, 0.29) is 17.7 Å². The minimum Gasteiger partial charge on any atom is -0.488 e. The molecule has 0 saturated carbocycles. The van der Waals surface area contributed by atoms with Gasteiger partial charge in [0.2, 0.25) is 0 Å². The maximum atomic E-state index is 12.5. The van der Waals surface area contributed by atoms with Gasteiger partial charge in [-0.1, -0.05) is 42.5 Å². The van der Waals surface area contributed by atoms with Crippen molar-refractivity contribution in [2.24, 2.45) is 0 Å². The molecule has 1 aliphatic rings. The number of nitrogens with zero attached hydrogens (tertiary/aromatic N) is 1. The van der Waals surface area contributed by atoms with Crippen LogP contribution >= 0.6 is 34.4 Å². The van der Waals surface area contributed by atoms with Gasteiger partial charge in [-0.05, 0) is 80.5 Å². The van der Waals surface area contributed by atoms with Crippen molar-refractivity contribution in [2.45, 2.75) is 6.61 Å². The predicted molar refractivity (Wildman–Crippen MR) is 132 cm³/mol. The number of ether oxygens (including phenoxy) is 2. The molecule has 2 amide bonds. The largest absolute Gasteiger partial charge is 0.488 e. The van der Waals surface area contributed by atoms with Gasteiger partial charge in [0.25, 0.3) is 11.1 Å². The van der Waals surface area contributed by atoms with Crippen molar-refractivity contribution in [3.63, 3.8) is 0 Å². The van der Waals surface area contributed by atoms with E-state index in [0.717, 1.165) is 32.2 Å². The SMILES string of the molecule is COCCN1C(=O)S/C(=C/c2ccc(OCc3ccc4ccccc4c3)c(I)c2)C1=O. The Morgan fingerprint density at radius 1 is 1.03 bits per heavy atom. The molecule has 1 aliphatic heterocycles. The minimum absolute atomic E-state index is 0.261. The van der Waals surface area contributed by atoms with Gasteiger partial charge in [0.05, 0.1) is 21.6 Å². The fraction of sp³-hybridized carbons (Fsp3) is 0.167. The zero-order valence-electron chi connectivity index (χ0n) is 16.8. The molecule has 1 heterocycles. The Morgan fingerprint density at radius 3 is 2.61 bits per heavy atom. The van der Waals surface area contributed by atoms with Crippen LogP contribution in [0.25, 0.3) is 16.8 Å². The van der Waals surface area contributed by atoms with Crippen molar-refractivity contribution in [1.29, 1.82) is 0 Å². The Labute approximate surface area is 198 Å². The number of imide groups is 1. The molecule has 31 heavy (non-hydrogen) atoms. The Balaban J connectivity index is 1.44. The van der Waals surface area contributed by atoms with E-state index in [1.54, 1.807) is 13.2 Å². The van der Waals surface area contributed by atoms with E-state index >= 15 is 0 Å². The van der Waals surface area contributed by atoms with Crippen LogP contribution in [0.15, 0.2) is 65.6 Å². The van der Waals surface area contributed by atoms with Crippen LogP contribution in [0.2, 0.25) is 0 Å². The summed E-state index contributed by atoms with van der Waals surface area (Å²) in [5.74, 6) is 0.498. The van der Waals surface area contributed by atoms with E-state index in [2.05, 4.69) is 52.9 Å². The summed E-state index contributed by atoms with van der Waals surface area (Å²) in [6, 6.07) is 20.3. The van der Waals surface area contributed by atoms with Crippen LogP contribution in [0.1, 0.15) is 11.1 Å². The van der Waals surface area contributed by atoms with Gasteiger partial charge in [0.1, 0.15) is 12.4 Å². The molecular formula is C24H20INO4S. The van der Waals surface area contributed by atoms with Gasteiger partial charge in [0.15, 0.2) is 0 Å². The first kappa shape index (κ1) is 21.9. The van der Waals surface area contributed by atoms with Crippen LogP contribution in [0.3, 0.4) is 0 Å². The minimum atomic E-state index is -0.279. The molecule has 0 radical (unpaired) electrons. The number of methoxy groups -OCH3 is 1. The molecule has 158 valence electrons. The molecule has 0 atom stereocenters. The molecule has 7 heteroatoms. The predicted octanol–water partition coefficient (Wildman–Crippen LogP) is 5.71. The fourth-order valence-electron chi connectivity index (χ4n) is 3.24. The Hall–Kier alpha value is -2.36. The third kappa shape index (κ3) is 5.11. The number of fused-ring (bicyclic) bond motifs is 1. The highest BCUT2D eigenvalue weighted by Gasteiger charge is 2.34. The van der Waals surface area contributed by atoms with E-state index < -0.39 is 0 Å². The first-order chi connectivity index (χ1) is 15.0. The van der Waals surface area contributed by atoms with Crippen molar-refractivity contribution >= 4 is 62.3 Å². The number of hydrogen-bond acceptors (Lipinski definition) is 5. The molecule has 4 rings (SSSR count). The Bertz CT molecular complexity index is 1180. The lowest BCUT2D eigenvalue weighted by Gasteiger charge is -2.11. The summed E-state index contributed by atoms with van der Waals surface area (Å²) in [4.78, 5) is 26.2. The Kier molecular flexibility index (Phi) is 6.94. The molecule has 0 N–H and O–H groups in total. The van der Waals surface area contributed by atoms with Gasteiger partial charge < -0.3 is 9.47 Å². The molecule has 0 aliphatic carbocycles. The van der Waals surface area contributed by atoms with Gasteiger partial charge >= 0.3 is 0 Å². The number of carbonyl (C=O) groups excluding carboxylic acids is 2. The van der Waals surface area contributed by atoms with E-state index in [1.807, 2.05) is 30.3 Å². The van der Waals surface area contributed by atoms with Crippen molar-refractivity contribution in [2.75, 3.05) is 20.3 Å². The molecule has 5 nitrogen and oxygen atoms in total. The Morgan fingerprint density at radius 2 is 1.84 bits per heavy atom.